The third-order valence-corrected chi connectivity index (χ3v) is 5.73. The van der Waals surface area contributed by atoms with Crippen molar-refractivity contribution in [3.8, 4) is 0 Å². The Morgan fingerprint density at radius 3 is 2.38 bits per heavy atom. The van der Waals surface area contributed by atoms with E-state index in [0.29, 0.717) is 0 Å². The summed E-state index contributed by atoms with van der Waals surface area (Å²) in [4.78, 5) is 8.44. The molecule has 1 spiro atoms. The molecule has 0 N–H and O–H groups in total. The summed E-state index contributed by atoms with van der Waals surface area (Å²) in [6.45, 7) is 8.78. The number of para-hydroxylation sites is 1. The first kappa shape index (κ1) is 15.3. The summed E-state index contributed by atoms with van der Waals surface area (Å²) < 4.78 is 0. The van der Waals surface area contributed by atoms with Crippen molar-refractivity contribution in [1.82, 2.24) is 0 Å². The van der Waals surface area contributed by atoms with Gasteiger partial charge in [0, 0.05) is 18.3 Å². The van der Waals surface area contributed by atoms with E-state index < -0.39 is 5.72 Å². The fourth-order valence-corrected chi connectivity index (χ4v) is 4.35. The Labute approximate surface area is 143 Å². The molecule has 0 saturated heterocycles. The van der Waals surface area contributed by atoms with Crippen LogP contribution in [0.4, 0.5) is 5.69 Å². The molecule has 0 radical (unpaired) electrons. The Bertz CT molecular complexity index is 832. The number of hydrogen-bond donors (Lipinski definition) is 0. The highest BCUT2D eigenvalue weighted by Gasteiger charge is 2.61. The molecule has 0 aliphatic carbocycles. The minimum atomic E-state index is -0.455. The Morgan fingerprint density at radius 2 is 1.71 bits per heavy atom. The fourth-order valence-electron chi connectivity index (χ4n) is 4.35. The van der Waals surface area contributed by atoms with Gasteiger partial charge in [-0.05, 0) is 39.3 Å². The molecule has 0 fully saturated rings. The molecular weight excluding hydrogens is 296 g/mol. The number of anilines is 1. The highest BCUT2D eigenvalue weighted by molar-refractivity contribution is 6.02. The van der Waals surface area contributed by atoms with Crippen LogP contribution in [0.15, 0.2) is 47.6 Å². The van der Waals surface area contributed by atoms with Crippen LogP contribution < -0.4 is 4.90 Å². The zero-order chi connectivity index (χ0) is 17.1. The molecule has 2 heterocycles. The molecule has 0 bridgehead atoms. The molecule has 124 valence electrons. The zero-order valence-corrected chi connectivity index (χ0v) is 15.1. The number of benzene rings is 2. The molecule has 0 saturated carbocycles. The summed E-state index contributed by atoms with van der Waals surface area (Å²) in [6, 6.07) is 15.2. The molecule has 3 nitrogen and oxygen atoms in total. The first-order valence-corrected chi connectivity index (χ1v) is 8.52. The first-order chi connectivity index (χ1) is 11.3. The molecule has 2 aliphatic rings. The largest absolute Gasteiger partial charge is 0.366 e. The lowest BCUT2D eigenvalue weighted by atomic mass is 9.75. The molecule has 0 amide bonds. The molecule has 1 unspecified atom stereocenters. The van der Waals surface area contributed by atoms with Crippen molar-refractivity contribution in [3.63, 3.8) is 0 Å². The second-order valence-corrected chi connectivity index (χ2v) is 7.67. The predicted octanol–water partition coefficient (Wildman–Crippen LogP) is 4.55. The minimum absolute atomic E-state index is 0.136. The van der Waals surface area contributed by atoms with Gasteiger partial charge in [-0.3, -0.25) is 0 Å². The van der Waals surface area contributed by atoms with Crippen LogP contribution in [0.25, 0.3) is 0 Å². The van der Waals surface area contributed by atoms with Crippen molar-refractivity contribution >= 4 is 11.4 Å². The van der Waals surface area contributed by atoms with E-state index in [9.17, 15) is 0 Å². The van der Waals surface area contributed by atoms with Gasteiger partial charge in [0.05, 0.1) is 17.5 Å². The van der Waals surface area contributed by atoms with Crippen LogP contribution in [0.2, 0.25) is 0 Å². The average molecular weight is 320 g/mol. The quantitative estimate of drug-likeness (QED) is 0.770. The van der Waals surface area contributed by atoms with E-state index in [2.05, 4.69) is 87.3 Å². The van der Waals surface area contributed by atoms with Gasteiger partial charge in [0.1, 0.15) is 0 Å². The number of nitrogens with zero attached hydrogens (tertiary/aromatic N) is 2. The lowest BCUT2D eigenvalue weighted by Crippen LogP contribution is -2.54. The maximum atomic E-state index is 6.17. The van der Waals surface area contributed by atoms with Gasteiger partial charge in [-0.15, -0.1) is 0 Å². The highest BCUT2D eigenvalue weighted by atomic mass is 16.7. The topological polar surface area (TPSA) is 24.8 Å². The lowest BCUT2D eigenvalue weighted by molar-refractivity contribution is -0.0591. The van der Waals surface area contributed by atoms with Gasteiger partial charge in [-0.2, -0.15) is 0 Å². The summed E-state index contributed by atoms with van der Waals surface area (Å²) in [5.74, 6) is 0. The molecule has 4 rings (SSSR count). The van der Waals surface area contributed by atoms with E-state index >= 15 is 0 Å². The summed E-state index contributed by atoms with van der Waals surface area (Å²) in [7, 11) is 2.12. The van der Waals surface area contributed by atoms with E-state index in [4.69, 9.17) is 4.84 Å². The number of hydrogen-bond acceptors (Lipinski definition) is 3. The Hall–Kier alpha value is -2.29. The van der Waals surface area contributed by atoms with Crippen LogP contribution in [0.5, 0.6) is 0 Å². The average Bonchev–Trinajstić information content (AvgIpc) is 3.05. The normalized spacial score (nSPS) is 24.0. The second-order valence-electron chi connectivity index (χ2n) is 7.67. The van der Waals surface area contributed by atoms with Gasteiger partial charge in [-0.25, -0.2) is 0 Å². The van der Waals surface area contributed by atoms with Crippen LogP contribution in [0.1, 0.15) is 42.5 Å². The molecule has 2 aliphatic heterocycles. The maximum absolute atomic E-state index is 6.17. The van der Waals surface area contributed by atoms with Crippen molar-refractivity contribution in [1.29, 1.82) is 0 Å². The molecule has 1 atom stereocenters. The molecule has 0 aromatic heterocycles. The van der Waals surface area contributed by atoms with Crippen molar-refractivity contribution in [3.05, 3.63) is 64.7 Å². The number of rotatable bonds is 1. The number of fused-ring (bicyclic) bond motifs is 1. The Morgan fingerprint density at radius 1 is 1.04 bits per heavy atom. The van der Waals surface area contributed by atoms with Crippen LogP contribution >= 0.6 is 0 Å². The first-order valence-electron chi connectivity index (χ1n) is 8.52. The van der Waals surface area contributed by atoms with Crippen molar-refractivity contribution in [2.24, 2.45) is 5.16 Å². The third kappa shape index (κ3) is 1.87. The van der Waals surface area contributed by atoms with Gasteiger partial charge in [0.2, 0.25) is 5.72 Å². The summed E-state index contributed by atoms with van der Waals surface area (Å²) in [5.41, 5.74) is 6.70. The maximum Gasteiger partial charge on any atom is 0.224 e. The molecular formula is C21H24N2O. The van der Waals surface area contributed by atoms with E-state index in [1.54, 1.807) is 0 Å². The van der Waals surface area contributed by atoms with E-state index in [1.807, 2.05) is 0 Å². The smallest absolute Gasteiger partial charge is 0.224 e. The Balaban J connectivity index is 1.75. The lowest BCUT2D eigenvalue weighted by Gasteiger charge is -2.40. The van der Waals surface area contributed by atoms with Crippen LogP contribution in [0, 0.1) is 13.8 Å². The highest BCUT2D eigenvalue weighted by Crippen LogP contribution is 2.55. The van der Waals surface area contributed by atoms with Gasteiger partial charge in [0.15, 0.2) is 0 Å². The van der Waals surface area contributed by atoms with Gasteiger partial charge >= 0.3 is 0 Å². The summed E-state index contributed by atoms with van der Waals surface area (Å²) in [5, 5.41) is 4.53. The number of aryl methyl sites for hydroxylation is 2. The molecule has 24 heavy (non-hydrogen) atoms. The second kappa shape index (κ2) is 4.85. The number of oxime groups is 1. The van der Waals surface area contributed by atoms with E-state index in [1.165, 1.54) is 27.9 Å². The van der Waals surface area contributed by atoms with Gasteiger partial charge in [0.25, 0.3) is 0 Å². The zero-order valence-electron chi connectivity index (χ0n) is 15.1. The van der Waals surface area contributed by atoms with E-state index in [-0.39, 0.29) is 5.41 Å². The minimum Gasteiger partial charge on any atom is -0.366 e. The van der Waals surface area contributed by atoms with Crippen molar-refractivity contribution < 1.29 is 4.84 Å². The SMILES string of the molecule is Cc1cc(C)cc(C2=NOC3(C2)N(C)c2ccccc2C3(C)C)c1. The Kier molecular flexibility index (Phi) is 3.08. The van der Waals surface area contributed by atoms with Crippen LogP contribution in [0.3, 0.4) is 0 Å². The molecule has 3 heteroatoms. The van der Waals surface area contributed by atoms with Gasteiger partial charge < -0.3 is 9.74 Å². The number of likely N-dealkylation sites (N-methyl/N-ethyl adjacent to an activating group) is 1. The monoisotopic (exact) mass is 320 g/mol. The molecule has 2 aromatic rings. The fraction of sp³-hybridized carbons (Fsp3) is 0.381. The predicted molar refractivity (Wildman–Crippen MR) is 98.8 cm³/mol. The third-order valence-electron chi connectivity index (χ3n) is 5.73. The van der Waals surface area contributed by atoms with Crippen molar-refractivity contribution in [2.75, 3.05) is 11.9 Å². The summed E-state index contributed by atoms with van der Waals surface area (Å²) in [6.07, 6.45) is 0.786. The molecule has 2 aromatic carbocycles. The standard InChI is InChI=1S/C21H24N2O/c1-14-10-15(2)12-16(11-14)18-13-21(24-22-18)20(3,4)17-8-6-7-9-19(17)23(21)5/h6-12H,13H2,1-5H3. The van der Waals surface area contributed by atoms with E-state index in [0.717, 1.165) is 12.1 Å². The van der Waals surface area contributed by atoms with Crippen molar-refractivity contribution in [2.45, 2.75) is 45.3 Å². The van der Waals surface area contributed by atoms with Gasteiger partial charge in [-0.1, -0.05) is 52.7 Å². The van der Waals surface area contributed by atoms with Crippen LogP contribution in [-0.4, -0.2) is 18.5 Å². The summed E-state index contributed by atoms with van der Waals surface area (Å²) >= 11 is 0. The van der Waals surface area contributed by atoms with Crippen LogP contribution in [-0.2, 0) is 10.3 Å².